The van der Waals surface area contributed by atoms with Crippen LogP contribution in [0, 0.1) is 23.7 Å². The van der Waals surface area contributed by atoms with Crippen LogP contribution in [0.15, 0.2) is 42.5 Å². The number of amides is 1. The Bertz CT molecular complexity index is 876. The average Bonchev–Trinajstić information content (AvgIpc) is 3.19. The first-order valence-electron chi connectivity index (χ1n) is 8.98. The molecule has 2 atom stereocenters. The van der Waals surface area contributed by atoms with Gasteiger partial charge in [0.1, 0.15) is 0 Å². The second kappa shape index (κ2) is 6.11. The van der Waals surface area contributed by atoms with Crippen molar-refractivity contribution in [3.8, 4) is 11.8 Å². The van der Waals surface area contributed by atoms with Crippen LogP contribution < -0.4 is 0 Å². The summed E-state index contributed by atoms with van der Waals surface area (Å²) < 4.78 is 5.31. The van der Waals surface area contributed by atoms with Gasteiger partial charge in [0.25, 0.3) is 0 Å². The molecule has 0 N–H and O–H groups in total. The Morgan fingerprint density at radius 3 is 2.88 bits per heavy atom. The van der Waals surface area contributed by atoms with Crippen molar-refractivity contribution in [2.24, 2.45) is 11.8 Å². The second-order valence-corrected chi connectivity index (χ2v) is 7.53. The van der Waals surface area contributed by atoms with E-state index in [0.29, 0.717) is 11.8 Å². The maximum atomic E-state index is 12.3. The maximum Gasteiger partial charge on any atom is 0.410 e. The molecule has 4 rings (SSSR count). The van der Waals surface area contributed by atoms with Gasteiger partial charge in [-0.15, -0.1) is 0 Å². The summed E-state index contributed by atoms with van der Waals surface area (Å²) in [5, 5.41) is 2.53. The number of benzene rings is 2. The molecule has 2 aromatic carbocycles. The van der Waals surface area contributed by atoms with Gasteiger partial charge < -0.3 is 9.64 Å². The summed E-state index contributed by atoms with van der Waals surface area (Å²) in [6.07, 6.45) is 0.938. The van der Waals surface area contributed by atoms with Crippen molar-refractivity contribution in [2.75, 3.05) is 19.7 Å². The van der Waals surface area contributed by atoms with Gasteiger partial charge in [-0.05, 0) is 28.7 Å². The normalized spacial score (nSPS) is 24.0. The Balaban J connectivity index is 1.45. The van der Waals surface area contributed by atoms with Gasteiger partial charge in [0.2, 0.25) is 0 Å². The topological polar surface area (TPSA) is 29.5 Å². The zero-order chi connectivity index (χ0) is 17.4. The van der Waals surface area contributed by atoms with Crippen LogP contribution in [0.25, 0.3) is 10.8 Å². The Labute approximate surface area is 149 Å². The first-order valence-corrected chi connectivity index (χ1v) is 8.98. The molecule has 25 heavy (non-hydrogen) atoms. The molecule has 3 heteroatoms. The molecule has 1 amide bonds. The Kier molecular flexibility index (Phi) is 3.92. The first kappa shape index (κ1) is 16.0. The van der Waals surface area contributed by atoms with E-state index in [1.807, 2.05) is 18.7 Å². The van der Waals surface area contributed by atoms with Crippen molar-refractivity contribution in [2.45, 2.75) is 25.7 Å². The van der Waals surface area contributed by atoms with Gasteiger partial charge in [-0.3, -0.25) is 0 Å². The van der Waals surface area contributed by atoms with Gasteiger partial charge in [0.15, 0.2) is 6.61 Å². The highest BCUT2D eigenvalue weighted by atomic mass is 16.6. The lowest BCUT2D eigenvalue weighted by Crippen LogP contribution is -2.33. The molecule has 0 bridgehead atoms. The summed E-state index contributed by atoms with van der Waals surface area (Å²) in [5.74, 6) is 6.78. The van der Waals surface area contributed by atoms with E-state index in [1.54, 1.807) is 0 Å². The number of hydrogen-bond donors (Lipinski definition) is 0. The molecule has 0 unspecified atom stereocenters. The minimum absolute atomic E-state index is 0.132. The van der Waals surface area contributed by atoms with E-state index in [1.165, 1.54) is 22.8 Å². The average molecular weight is 333 g/mol. The molecule has 1 saturated heterocycles. The lowest BCUT2D eigenvalue weighted by Gasteiger charge is -2.20. The highest BCUT2D eigenvalue weighted by molar-refractivity contribution is 5.83. The van der Waals surface area contributed by atoms with Crippen LogP contribution in [0.2, 0.25) is 0 Å². The summed E-state index contributed by atoms with van der Waals surface area (Å²) in [6, 6.07) is 15.1. The Morgan fingerprint density at radius 1 is 1.28 bits per heavy atom. The third kappa shape index (κ3) is 2.98. The van der Waals surface area contributed by atoms with Crippen LogP contribution in [0.4, 0.5) is 4.79 Å². The molecule has 1 aliphatic heterocycles. The van der Waals surface area contributed by atoms with Crippen molar-refractivity contribution < 1.29 is 9.53 Å². The third-order valence-electron chi connectivity index (χ3n) is 5.39. The zero-order valence-electron chi connectivity index (χ0n) is 14.8. The number of hydrogen-bond acceptors (Lipinski definition) is 2. The van der Waals surface area contributed by atoms with E-state index in [0.717, 1.165) is 13.1 Å². The summed E-state index contributed by atoms with van der Waals surface area (Å²) >= 11 is 0. The molecular formula is C22H23NO2. The number of carbonyl (C=O) groups excluding carboxylic acids is 1. The summed E-state index contributed by atoms with van der Waals surface area (Å²) in [7, 11) is 0. The number of nitrogens with zero attached hydrogens (tertiary/aromatic N) is 1. The molecule has 0 spiro atoms. The fourth-order valence-corrected chi connectivity index (χ4v) is 4.00. The minimum atomic E-state index is -0.231. The van der Waals surface area contributed by atoms with Crippen LogP contribution in [0.5, 0.6) is 0 Å². The van der Waals surface area contributed by atoms with Crippen molar-refractivity contribution in [3.63, 3.8) is 0 Å². The summed E-state index contributed by atoms with van der Waals surface area (Å²) in [5.41, 5.74) is 1.48. The number of likely N-dealkylation sites (tertiary alicyclic amines) is 1. The van der Waals surface area contributed by atoms with Gasteiger partial charge in [0, 0.05) is 24.4 Å². The van der Waals surface area contributed by atoms with Gasteiger partial charge in [0.05, 0.1) is 0 Å². The first-order chi connectivity index (χ1) is 12.1. The predicted molar refractivity (Wildman–Crippen MR) is 99.3 cm³/mol. The highest BCUT2D eigenvalue weighted by Gasteiger charge is 2.61. The van der Waals surface area contributed by atoms with Crippen LogP contribution in [0.3, 0.4) is 0 Å². The van der Waals surface area contributed by atoms with E-state index >= 15 is 0 Å². The fraction of sp³-hybridized carbons (Fsp3) is 0.409. The van der Waals surface area contributed by atoms with Crippen molar-refractivity contribution in [3.05, 3.63) is 48.0 Å². The fourth-order valence-electron chi connectivity index (χ4n) is 4.00. The Hall–Kier alpha value is -2.47. The number of carbonyl (C=O) groups is 1. The van der Waals surface area contributed by atoms with Crippen LogP contribution in [0.1, 0.15) is 25.8 Å². The quantitative estimate of drug-likeness (QED) is 0.771. The van der Waals surface area contributed by atoms with Gasteiger partial charge in [-0.2, -0.15) is 0 Å². The van der Waals surface area contributed by atoms with E-state index in [2.05, 4.69) is 54.3 Å². The number of rotatable bonds is 2. The number of piperidine rings is 1. The Morgan fingerprint density at radius 2 is 2.08 bits per heavy atom. The van der Waals surface area contributed by atoms with E-state index < -0.39 is 0 Å². The molecule has 1 saturated carbocycles. The lowest BCUT2D eigenvalue weighted by molar-refractivity contribution is 0.118. The van der Waals surface area contributed by atoms with Crippen molar-refractivity contribution in [1.29, 1.82) is 0 Å². The van der Waals surface area contributed by atoms with Gasteiger partial charge in [-0.1, -0.05) is 68.2 Å². The lowest BCUT2D eigenvalue weighted by atomic mass is 9.93. The van der Waals surface area contributed by atoms with Crippen LogP contribution >= 0.6 is 0 Å². The zero-order valence-corrected chi connectivity index (χ0v) is 14.8. The molecule has 2 fully saturated rings. The highest BCUT2D eigenvalue weighted by Crippen LogP contribution is 2.59. The second-order valence-electron chi connectivity index (χ2n) is 7.53. The minimum Gasteiger partial charge on any atom is -0.436 e. The summed E-state index contributed by atoms with van der Waals surface area (Å²) in [4.78, 5) is 14.1. The molecule has 2 aliphatic rings. The molecule has 128 valence electrons. The molecule has 2 aromatic rings. The molecule has 0 radical (unpaired) electrons. The predicted octanol–water partition coefficient (Wildman–Crippen LogP) is 4.21. The molecule has 1 heterocycles. The number of ether oxygens (including phenoxy) is 1. The molecule has 3 nitrogen and oxygen atoms in total. The van der Waals surface area contributed by atoms with Crippen LogP contribution in [-0.4, -0.2) is 30.7 Å². The maximum absolute atomic E-state index is 12.3. The number of fused-ring (bicyclic) bond motifs is 2. The standard InChI is InChI=1S/C22H23NO2/c1-16(2)6-5-11-25-21(24)23-14-20-13-22(20,15-23)19-10-9-17-7-3-4-8-18(17)12-19/h3-4,7-10,12,16,20H,11,13-15H2,1-2H3/t20-,22+/m1/s1. The van der Waals surface area contributed by atoms with Crippen molar-refractivity contribution in [1.82, 2.24) is 4.90 Å². The van der Waals surface area contributed by atoms with Crippen LogP contribution in [-0.2, 0) is 10.2 Å². The SMILES string of the molecule is CC(C)C#CCOC(=O)N1C[C@H]2C[C@@]2(c2ccc3ccccc3c2)C1. The van der Waals surface area contributed by atoms with Gasteiger partial charge >= 0.3 is 6.09 Å². The van der Waals surface area contributed by atoms with E-state index in [-0.39, 0.29) is 18.1 Å². The third-order valence-corrected chi connectivity index (χ3v) is 5.39. The smallest absolute Gasteiger partial charge is 0.410 e. The summed E-state index contributed by atoms with van der Waals surface area (Å²) in [6.45, 7) is 5.78. The molecule has 1 aliphatic carbocycles. The van der Waals surface area contributed by atoms with Gasteiger partial charge in [-0.25, -0.2) is 4.79 Å². The van der Waals surface area contributed by atoms with Crippen molar-refractivity contribution >= 4 is 16.9 Å². The molecular weight excluding hydrogens is 310 g/mol. The molecule has 0 aromatic heterocycles. The monoisotopic (exact) mass is 333 g/mol. The van der Waals surface area contributed by atoms with E-state index in [9.17, 15) is 4.79 Å². The van der Waals surface area contributed by atoms with E-state index in [4.69, 9.17) is 4.74 Å². The largest absolute Gasteiger partial charge is 0.436 e.